The van der Waals surface area contributed by atoms with Gasteiger partial charge in [0.1, 0.15) is 5.76 Å². The van der Waals surface area contributed by atoms with Gasteiger partial charge in [-0.3, -0.25) is 9.59 Å². The second kappa shape index (κ2) is 9.41. The Morgan fingerprint density at radius 2 is 1.92 bits per heavy atom. The third-order valence-corrected chi connectivity index (χ3v) is 8.80. The summed E-state index contributed by atoms with van der Waals surface area (Å²) in [6, 6.07) is 12.3. The smallest absolute Gasteiger partial charge is 0.357 e. The number of hydrogen-bond donors (Lipinski definition) is 2. The van der Waals surface area contributed by atoms with Crippen LogP contribution in [-0.4, -0.2) is 46.9 Å². The minimum Gasteiger partial charge on any atom is -0.493 e. The van der Waals surface area contributed by atoms with Gasteiger partial charge < -0.3 is 29.2 Å². The molecule has 1 aliphatic heterocycles. The van der Waals surface area contributed by atoms with Crippen LogP contribution >= 0.6 is 0 Å². The van der Waals surface area contributed by atoms with E-state index in [-0.39, 0.29) is 18.1 Å². The van der Waals surface area contributed by atoms with E-state index < -0.39 is 47.6 Å². The summed E-state index contributed by atoms with van der Waals surface area (Å²) in [6.45, 7) is 0. The highest BCUT2D eigenvalue weighted by Gasteiger charge is 2.71. The van der Waals surface area contributed by atoms with Crippen LogP contribution < -0.4 is 9.47 Å². The number of carboxylic acid groups (broad SMARTS) is 1. The van der Waals surface area contributed by atoms with Crippen molar-refractivity contribution in [2.45, 2.75) is 68.2 Å². The molecule has 5 atom stereocenters. The lowest BCUT2D eigenvalue weighted by molar-refractivity contribution is -0.173. The normalized spacial score (nSPS) is 28.3. The Hall–Kier alpha value is -3.85. The fourth-order valence-electron chi connectivity index (χ4n) is 7.13. The number of methoxy groups -OCH3 is 1. The summed E-state index contributed by atoms with van der Waals surface area (Å²) in [5.74, 6) is -1.35. The molecule has 0 aromatic heterocycles. The standard InChI is InChI=1S/C30H30O9/c1-36-20-10-9-18-16-19-8-5-14-29-24(18)26(20)39-27(29)21(13-15-30(19,29)35)37-28(34)25(17-6-3-2-4-7-17)38-23(33)12-11-22(31)32/h2-4,6-7,9-10,13,19,25,27,35H,5,8,11-12,14-16H2,1H3,(H,31,32)/t19-,25-,27+,29+,30-/m0/s1. The first-order valence-corrected chi connectivity index (χ1v) is 13.3. The summed E-state index contributed by atoms with van der Waals surface area (Å²) in [4.78, 5) is 36.9. The average Bonchev–Trinajstić information content (AvgIpc) is 3.27. The van der Waals surface area contributed by atoms with Crippen molar-refractivity contribution in [1.29, 1.82) is 0 Å². The highest BCUT2D eigenvalue weighted by Crippen LogP contribution is 2.67. The minimum absolute atomic E-state index is 0.0463. The van der Waals surface area contributed by atoms with Gasteiger partial charge in [-0.15, -0.1) is 0 Å². The summed E-state index contributed by atoms with van der Waals surface area (Å²) in [7, 11) is 1.57. The van der Waals surface area contributed by atoms with E-state index in [1.165, 1.54) is 0 Å². The van der Waals surface area contributed by atoms with Crippen molar-refractivity contribution in [1.82, 2.24) is 0 Å². The molecular formula is C30H30O9. The third kappa shape index (κ3) is 3.82. The van der Waals surface area contributed by atoms with Crippen LogP contribution in [0.2, 0.25) is 0 Å². The summed E-state index contributed by atoms with van der Waals surface area (Å²) < 4.78 is 23.5. The van der Waals surface area contributed by atoms with Crippen LogP contribution in [-0.2, 0) is 35.7 Å². The highest BCUT2D eigenvalue weighted by molar-refractivity contribution is 5.83. The molecule has 0 unspecified atom stereocenters. The molecule has 1 heterocycles. The number of aliphatic hydroxyl groups is 1. The second-order valence-electron chi connectivity index (χ2n) is 10.7. The maximum atomic E-state index is 13.6. The molecule has 9 heteroatoms. The van der Waals surface area contributed by atoms with Crippen LogP contribution in [0.4, 0.5) is 0 Å². The van der Waals surface area contributed by atoms with Crippen LogP contribution in [0.25, 0.3) is 0 Å². The Kier molecular flexibility index (Phi) is 6.14. The number of carbonyl (C=O) groups is 3. The Bertz CT molecular complexity index is 1370. The van der Waals surface area contributed by atoms with E-state index in [4.69, 9.17) is 24.1 Å². The van der Waals surface area contributed by atoms with Gasteiger partial charge >= 0.3 is 17.9 Å². The van der Waals surface area contributed by atoms with Gasteiger partial charge in [0.25, 0.3) is 0 Å². The number of ether oxygens (including phenoxy) is 4. The molecule has 2 bridgehead atoms. The van der Waals surface area contributed by atoms with Crippen molar-refractivity contribution >= 4 is 17.9 Å². The zero-order chi connectivity index (χ0) is 27.4. The van der Waals surface area contributed by atoms with E-state index >= 15 is 0 Å². The summed E-state index contributed by atoms with van der Waals surface area (Å²) >= 11 is 0. The molecule has 1 spiro atoms. The van der Waals surface area contributed by atoms with E-state index in [0.717, 1.165) is 30.4 Å². The molecular weight excluding hydrogens is 504 g/mol. The van der Waals surface area contributed by atoms with Crippen molar-refractivity contribution in [3.05, 3.63) is 71.0 Å². The zero-order valence-corrected chi connectivity index (χ0v) is 21.6. The van der Waals surface area contributed by atoms with Crippen molar-refractivity contribution in [3.63, 3.8) is 0 Å². The lowest BCUT2D eigenvalue weighted by Gasteiger charge is -2.59. The first-order chi connectivity index (χ1) is 18.8. The predicted molar refractivity (Wildman–Crippen MR) is 136 cm³/mol. The van der Waals surface area contributed by atoms with Crippen LogP contribution in [0.3, 0.4) is 0 Å². The van der Waals surface area contributed by atoms with Gasteiger partial charge in [-0.05, 0) is 49.3 Å². The van der Waals surface area contributed by atoms with Gasteiger partial charge in [0, 0.05) is 11.1 Å². The first-order valence-electron chi connectivity index (χ1n) is 13.3. The first kappa shape index (κ1) is 25.4. The van der Waals surface area contributed by atoms with Gasteiger partial charge in [0.15, 0.2) is 17.6 Å². The van der Waals surface area contributed by atoms with E-state index in [9.17, 15) is 19.5 Å². The van der Waals surface area contributed by atoms with E-state index in [0.29, 0.717) is 29.9 Å². The number of carbonyl (C=O) groups excluding carboxylic acids is 2. The van der Waals surface area contributed by atoms with Crippen LogP contribution in [0.1, 0.15) is 61.3 Å². The maximum Gasteiger partial charge on any atom is 0.357 e. The predicted octanol–water partition coefficient (Wildman–Crippen LogP) is 3.76. The molecule has 2 N–H and O–H groups in total. The highest BCUT2D eigenvalue weighted by atomic mass is 16.6. The average molecular weight is 535 g/mol. The molecule has 9 nitrogen and oxygen atoms in total. The minimum atomic E-state index is -1.40. The van der Waals surface area contributed by atoms with E-state index in [1.54, 1.807) is 43.5 Å². The van der Waals surface area contributed by atoms with Crippen LogP contribution in [0.5, 0.6) is 11.5 Å². The van der Waals surface area contributed by atoms with Gasteiger partial charge in [-0.2, -0.15) is 0 Å². The molecule has 0 amide bonds. The number of hydrogen-bond acceptors (Lipinski definition) is 8. The molecule has 0 saturated heterocycles. The number of aliphatic carboxylic acids is 1. The number of rotatable bonds is 8. The maximum absolute atomic E-state index is 13.6. The lowest BCUT2D eigenvalue weighted by atomic mass is 9.47. The largest absolute Gasteiger partial charge is 0.493 e. The van der Waals surface area contributed by atoms with Gasteiger partial charge in [0.05, 0.1) is 31.0 Å². The van der Waals surface area contributed by atoms with E-state index in [2.05, 4.69) is 0 Å². The quantitative estimate of drug-likeness (QED) is 0.487. The van der Waals surface area contributed by atoms with Crippen LogP contribution in [0.15, 0.2) is 54.3 Å². The van der Waals surface area contributed by atoms with Crippen molar-refractivity contribution in [2.24, 2.45) is 5.92 Å². The monoisotopic (exact) mass is 534 g/mol. The number of carboxylic acids is 1. The van der Waals surface area contributed by atoms with Gasteiger partial charge in [-0.1, -0.05) is 42.8 Å². The topological polar surface area (TPSA) is 129 Å². The molecule has 1 fully saturated rings. The summed E-state index contributed by atoms with van der Waals surface area (Å²) in [5, 5.41) is 21.1. The third-order valence-electron chi connectivity index (χ3n) is 8.80. The van der Waals surface area contributed by atoms with E-state index in [1.807, 2.05) is 12.1 Å². The fourth-order valence-corrected chi connectivity index (χ4v) is 7.13. The lowest BCUT2D eigenvalue weighted by Crippen LogP contribution is -2.67. The zero-order valence-electron chi connectivity index (χ0n) is 21.6. The summed E-state index contributed by atoms with van der Waals surface area (Å²) in [6.07, 6.45) is 2.27. The Labute approximate surface area is 225 Å². The molecule has 204 valence electrons. The second-order valence-corrected chi connectivity index (χ2v) is 10.7. The molecule has 3 aliphatic carbocycles. The van der Waals surface area contributed by atoms with Crippen molar-refractivity contribution in [2.75, 3.05) is 7.11 Å². The van der Waals surface area contributed by atoms with Crippen LogP contribution in [0, 0.1) is 5.92 Å². The SMILES string of the molecule is COc1ccc2c3c1O[C@@H]1C(OC(=O)[C@@H](OC(=O)CCC(=O)O)c4ccccc4)=CC[C@]4(O)[C@@H](CCC[C@@]314)C2. The van der Waals surface area contributed by atoms with Gasteiger partial charge in [0.2, 0.25) is 6.10 Å². The molecule has 6 rings (SSSR count). The molecule has 1 saturated carbocycles. The molecule has 39 heavy (non-hydrogen) atoms. The number of esters is 2. The molecule has 4 aliphatic rings. The molecule has 0 radical (unpaired) electrons. The summed E-state index contributed by atoms with van der Waals surface area (Å²) in [5.41, 5.74) is 0.597. The van der Waals surface area contributed by atoms with Crippen molar-refractivity contribution < 1.29 is 43.5 Å². The Morgan fingerprint density at radius 3 is 2.67 bits per heavy atom. The molecule has 2 aromatic rings. The van der Waals surface area contributed by atoms with Crippen molar-refractivity contribution in [3.8, 4) is 11.5 Å². The Morgan fingerprint density at radius 1 is 1.13 bits per heavy atom. The number of benzene rings is 2. The molecule has 2 aromatic carbocycles. The fraction of sp³-hybridized carbons (Fsp3) is 0.433. The Balaban J connectivity index is 1.34. The van der Waals surface area contributed by atoms with Gasteiger partial charge in [-0.25, -0.2) is 4.79 Å².